The largest absolute Gasteiger partial charge is 0.481 e. The van der Waals surface area contributed by atoms with Crippen molar-refractivity contribution in [3.05, 3.63) is 0 Å². The van der Waals surface area contributed by atoms with Gasteiger partial charge in [0.25, 0.3) is 0 Å². The van der Waals surface area contributed by atoms with Crippen molar-refractivity contribution in [3.63, 3.8) is 0 Å². The van der Waals surface area contributed by atoms with E-state index in [0.717, 1.165) is 0 Å². The van der Waals surface area contributed by atoms with Gasteiger partial charge in [0, 0.05) is 0 Å². The fraction of sp³-hybridized carbons (Fsp3) is 0.824. The Kier molecular flexibility index (Phi) is 8.96. The Bertz CT molecular complexity index is 444. The average molecular weight is 346 g/mol. The SMILES string of the molecule is CCOC(=O)C(C)(CC)CC(CC(C)(C)C(=O)OCCO)C(=O)O. The fourth-order valence-corrected chi connectivity index (χ4v) is 2.50. The number of carboxylic acids is 1. The third-order valence-electron chi connectivity index (χ3n) is 4.23. The third-order valence-corrected chi connectivity index (χ3v) is 4.23. The summed E-state index contributed by atoms with van der Waals surface area (Å²) in [6.45, 7) is 8.17. The smallest absolute Gasteiger partial charge is 0.311 e. The number of carbonyl (C=O) groups excluding carboxylic acids is 2. The van der Waals surface area contributed by atoms with Gasteiger partial charge in [0.2, 0.25) is 0 Å². The van der Waals surface area contributed by atoms with Crippen LogP contribution in [-0.2, 0) is 23.9 Å². The molecule has 0 aliphatic heterocycles. The molecule has 0 saturated carbocycles. The number of rotatable bonds is 11. The van der Waals surface area contributed by atoms with Gasteiger partial charge in [-0.15, -0.1) is 0 Å². The highest BCUT2D eigenvalue weighted by Crippen LogP contribution is 2.37. The van der Waals surface area contributed by atoms with E-state index in [-0.39, 0.29) is 32.7 Å². The van der Waals surface area contributed by atoms with Gasteiger partial charge in [0.05, 0.1) is 30.0 Å². The summed E-state index contributed by atoms with van der Waals surface area (Å²) in [5.74, 6) is -2.96. The van der Waals surface area contributed by atoms with Crippen molar-refractivity contribution in [2.45, 2.75) is 53.9 Å². The topological polar surface area (TPSA) is 110 Å². The minimum absolute atomic E-state index is 0.0294. The van der Waals surface area contributed by atoms with Crippen LogP contribution in [0.15, 0.2) is 0 Å². The Morgan fingerprint density at radius 3 is 2.00 bits per heavy atom. The molecule has 0 amide bonds. The number of aliphatic carboxylic acids is 1. The zero-order chi connectivity index (χ0) is 19.0. The number of ether oxygens (including phenoxy) is 2. The van der Waals surface area contributed by atoms with Crippen LogP contribution in [-0.4, -0.2) is 47.9 Å². The Morgan fingerprint density at radius 1 is 1.00 bits per heavy atom. The lowest BCUT2D eigenvalue weighted by molar-refractivity contribution is -0.160. The van der Waals surface area contributed by atoms with Crippen molar-refractivity contribution in [3.8, 4) is 0 Å². The first kappa shape index (κ1) is 22.4. The Balaban J connectivity index is 5.19. The molecule has 0 fully saturated rings. The first-order valence-electron chi connectivity index (χ1n) is 8.22. The lowest BCUT2D eigenvalue weighted by Crippen LogP contribution is -2.37. The van der Waals surface area contributed by atoms with E-state index in [4.69, 9.17) is 14.6 Å². The summed E-state index contributed by atoms with van der Waals surface area (Å²) >= 11 is 0. The van der Waals surface area contributed by atoms with Gasteiger partial charge in [-0.25, -0.2) is 0 Å². The highest BCUT2D eigenvalue weighted by molar-refractivity contribution is 5.80. The summed E-state index contributed by atoms with van der Waals surface area (Å²) in [7, 11) is 0. The minimum atomic E-state index is -1.07. The summed E-state index contributed by atoms with van der Waals surface area (Å²) in [6.07, 6.45) is 0.543. The molecule has 0 radical (unpaired) electrons. The molecule has 2 N–H and O–H groups in total. The molecule has 24 heavy (non-hydrogen) atoms. The van der Waals surface area contributed by atoms with Crippen LogP contribution < -0.4 is 0 Å². The number of esters is 2. The molecule has 0 aromatic heterocycles. The third kappa shape index (κ3) is 6.47. The molecule has 0 bridgehead atoms. The molecule has 0 aliphatic rings. The molecule has 0 heterocycles. The van der Waals surface area contributed by atoms with Gasteiger partial charge in [-0.3, -0.25) is 14.4 Å². The summed E-state index contributed by atoms with van der Waals surface area (Å²) in [5, 5.41) is 18.2. The molecule has 140 valence electrons. The summed E-state index contributed by atoms with van der Waals surface area (Å²) in [5.41, 5.74) is -1.97. The second kappa shape index (κ2) is 9.61. The van der Waals surface area contributed by atoms with Crippen LogP contribution >= 0.6 is 0 Å². The van der Waals surface area contributed by atoms with Crippen LogP contribution in [0, 0.1) is 16.7 Å². The van der Waals surface area contributed by atoms with Crippen molar-refractivity contribution in [2.24, 2.45) is 16.7 Å². The van der Waals surface area contributed by atoms with E-state index in [1.54, 1.807) is 34.6 Å². The number of carbonyl (C=O) groups is 3. The highest BCUT2D eigenvalue weighted by Gasteiger charge is 2.42. The monoisotopic (exact) mass is 346 g/mol. The van der Waals surface area contributed by atoms with E-state index in [1.807, 2.05) is 0 Å². The second-order valence-corrected chi connectivity index (χ2v) is 6.82. The first-order chi connectivity index (χ1) is 11.0. The van der Waals surface area contributed by atoms with E-state index in [0.29, 0.717) is 6.42 Å². The average Bonchev–Trinajstić information content (AvgIpc) is 2.51. The van der Waals surface area contributed by atoms with Crippen LogP contribution in [0.25, 0.3) is 0 Å². The summed E-state index contributed by atoms with van der Waals surface area (Å²) in [4.78, 5) is 35.8. The van der Waals surface area contributed by atoms with Gasteiger partial charge < -0.3 is 19.7 Å². The maximum absolute atomic E-state index is 12.2. The van der Waals surface area contributed by atoms with Crippen molar-refractivity contribution in [1.82, 2.24) is 0 Å². The second-order valence-electron chi connectivity index (χ2n) is 6.82. The highest BCUT2D eigenvalue weighted by atomic mass is 16.5. The lowest BCUT2D eigenvalue weighted by Gasteiger charge is -2.32. The van der Waals surface area contributed by atoms with E-state index in [9.17, 15) is 19.5 Å². The molecule has 0 aliphatic carbocycles. The van der Waals surface area contributed by atoms with Gasteiger partial charge in [-0.1, -0.05) is 6.92 Å². The normalized spacial score (nSPS) is 15.2. The fourth-order valence-electron chi connectivity index (χ4n) is 2.50. The van der Waals surface area contributed by atoms with Crippen LogP contribution in [0.2, 0.25) is 0 Å². The Labute approximate surface area is 143 Å². The maximum Gasteiger partial charge on any atom is 0.311 e. The number of aliphatic hydroxyl groups excluding tert-OH is 1. The molecule has 0 spiro atoms. The Hall–Kier alpha value is -1.63. The van der Waals surface area contributed by atoms with Crippen LogP contribution in [0.4, 0.5) is 0 Å². The van der Waals surface area contributed by atoms with Gasteiger partial charge in [-0.05, 0) is 47.0 Å². The molecule has 0 saturated heterocycles. The van der Waals surface area contributed by atoms with E-state index < -0.39 is 34.7 Å². The molecule has 2 unspecified atom stereocenters. The van der Waals surface area contributed by atoms with Gasteiger partial charge in [0.1, 0.15) is 6.61 Å². The van der Waals surface area contributed by atoms with Crippen molar-refractivity contribution < 1.29 is 34.1 Å². The summed E-state index contributed by atoms with van der Waals surface area (Å²) < 4.78 is 9.96. The number of carboxylic acid groups (broad SMARTS) is 1. The van der Waals surface area contributed by atoms with Crippen LogP contribution in [0.3, 0.4) is 0 Å². The van der Waals surface area contributed by atoms with Crippen LogP contribution in [0.5, 0.6) is 0 Å². The molecule has 7 nitrogen and oxygen atoms in total. The van der Waals surface area contributed by atoms with Gasteiger partial charge in [0.15, 0.2) is 0 Å². The van der Waals surface area contributed by atoms with E-state index in [1.165, 1.54) is 0 Å². The summed E-state index contributed by atoms with van der Waals surface area (Å²) in [6, 6.07) is 0. The minimum Gasteiger partial charge on any atom is -0.481 e. The number of hydrogen-bond acceptors (Lipinski definition) is 6. The number of hydrogen-bond donors (Lipinski definition) is 2. The molecule has 0 rings (SSSR count). The molecular weight excluding hydrogens is 316 g/mol. The Morgan fingerprint density at radius 2 is 1.58 bits per heavy atom. The quantitative estimate of drug-likeness (QED) is 0.551. The van der Waals surface area contributed by atoms with E-state index >= 15 is 0 Å². The standard InChI is InChI=1S/C17H30O7/c1-6-17(5,15(22)23-7-2)11-12(13(19)20)10-16(3,4)14(21)24-9-8-18/h12,18H,6-11H2,1-5H3,(H,19,20). The molecule has 0 aromatic carbocycles. The predicted molar refractivity (Wildman–Crippen MR) is 87.2 cm³/mol. The molecule has 7 heteroatoms. The molecule has 2 atom stereocenters. The van der Waals surface area contributed by atoms with Crippen LogP contribution in [0.1, 0.15) is 53.9 Å². The van der Waals surface area contributed by atoms with E-state index in [2.05, 4.69) is 0 Å². The zero-order valence-electron chi connectivity index (χ0n) is 15.3. The number of aliphatic hydroxyl groups is 1. The lowest BCUT2D eigenvalue weighted by atomic mass is 9.73. The maximum atomic E-state index is 12.2. The van der Waals surface area contributed by atoms with Crippen molar-refractivity contribution in [2.75, 3.05) is 19.8 Å². The van der Waals surface area contributed by atoms with Gasteiger partial charge in [-0.2, -0.15) is 0 Å². The van der Waals surface area contributed by atoms with Crippen molar-refractivity contribution in [1.29, 1.82) is 0 Å². The first-order valence-corrected chi connectivity index (χ1v) is 8.22. The molecular formula is C17H30O7. The van der Waals surface area contributed by atoms with Crippen molar-refractivity contribution >= 4 is 17.9 Å². The van der Waals surface area contributed by atoms with Gasteiger partial charge >= 0.3 is 17.9 Å². The zero-order valence-corrected chi connectivity index (χ0v) is 15.3. The predicted octanol–water partition coefficient (Wildman–Crippen LogP) is 2.01. The molecule has 0 aromatic rings.